The molecule has 1 aliphatic heterocycles. The smallest absolute Gasteiger partial charge is 0.234 e. The summed E-state index contributed by atoms with van der Waals surface area (Å²) in [5.41, 5.74) is 8.35. The van der Waals surface area contributed by atoms with E-state index < -0.39 is 0 Å². The summed E-state index contributed by atoms with van der Waals surface area (Å²) in [5, 5.41) is 5.28. The summed E-state index contributed by atoms with van der Waals surface area (Å²) < 4.78 is 0. The quantitative estimate of drug-likeness (QED) is 0.836. The van der Waals surface area contributed by atoms with Gasteiger partial charge in [-0.1, -0.05) is 42.8 Å². The molecule has 0 aliphatic carbocycles. The molecule has 1 aliphatic rings. The van der Waals surface area contributed by atoms with Crippen LogP contribution < -0.4 is 11.1 Å². The van der Waals surface area contributed by atoms with Gasteiger partial charge in [-0.3, -0.25) is 9.69 Å². The first-order chi connectivity index (χ1) is 12.0. The minimum absolute atomic E-state index is 0.0697. The molecule has 2 unspecified atom stereocenters. The highest BCUT2D eigenvalue weighted by atomic mass is 32.1. The fourth-order valence-corrected chi connectivity index (χ4v) is 4.17. The minimum Gasteiger partial charge on any atom is -0.343 e. The molecule has 25 heavy (non-hydrogen) atoms. The number of thiophene rings is 1. The largest absolute Gasteiger partial charge is 0.343 e. The molecular weight excluding hydrogens is 330 g/mol. The monoisotopic (exact) mass is 357 g/mol. The van der Waals surface area contributed by atoms with Crippen LogP contribution >= 0.6 is 11.3 Å². The Hall–Kier alpha value is -1.69. The van der Waals surface area contributed by atoms with Gasteiger partial charge in [-0.25, -0.2) is 0 Å². The SMILES string of the molecule is Cc1ccc(C(NC(=O)CN2CCC(C)(CN)C2)c2cccs2)cc1. The van der Waals surface area contributed by atoms with Gasteiger partial charge in [0, 0.05) is 11.4 Å². The number of hydrogen-bond acceptors (Lipinski definition) is 4. The van der Waals surface area contributed by atoms with Crippen molar-refractivity contribution in [2.45, 2.75) is 26.3 Å². The number of hydrogen-bond donors (Lipinski definition) is 2. The Morgan fingerprint density at radius 2 is 2.12 bits per heavy atom. The molecule has 0 saturated carbocycles. The van der Waals surface area contributed by atoms with Crippen LogP contribution in [0, 0.1) is 12.3 Å². The van der Waals surface area contributed by atoms with Crippen molar-refractivity contribution >= 4 is 17.2 Å². The van der Waals surface area contributed by atoms with Crippen molar-refractivity contribution in [3.63, 3.8) is 0 Å². The van der Waals surface area contributed by atoms with Crippen molar-refractivity contribution in [3.05, 3.63) is 57.8 Å². The second kappa shape index (κ2) is 7.68. The standard InChI is InChI=1S/C20H27N3OS/c1-15-5-7-16(8-6-15)19(17-4-3-11-25-17)22-18(24)12-23-10-9-20(2,13-21)14-23/h3-8,11,19H,9-10,12-14,21H2,1-2H3,(H,22,24). The first-order valence-electron chi connectivity index (χ1n) is 8.81. The average Bonchev–Trinajstić information content (AvgIpc) is 3.24. The Kier molecular flexibility index (Phi) is 5.57. The highest BCUT2D eigenvalue weighted by molar-refractivity contribution is 7.10. The number of nitrogens with zero attached hydrogens (tertiary/aromatic N) is 1. The van der Waals surface area contributed by atoms with E-state index in [1.165, 1.54) is 5.56 Å². The molecule has 1 saturated heterocycles. The number of aryl methyl sites for hydroxylation is 1. The molecule has 1 aromatic heterocycles. The highest BCUT2D eigenvalue weighted by Crippen LogP contribution is 2.29. The Labute approximate surface area is 154 Å². The maximum atomic E-state index is 12.7. The molecule has 4 nitrogen and oxygen atoms in total. The van der Waals surface area contributed by atoms with Crippen LogP contribution in [0.1, 0.15) is 35.4 Å². The second-order valence-electron chi connectivity index (χ2n) is 7.40. The summed E-state index contributed by atoms with van der Waals surface area (Å²) >= 11 is 1.67. The van der Waals surface area contributed by atoms with E-state index in [-0.39, 0.29) is 17.4 Å². The van der Waals surface area contributed by atoms with Gasteiger partial charge >= 0.3 is 0 Å². The molecule has 3 rings (SSSR count). The van der Waals surface area contributed by atoms with Crippen LogP contribution in [0.3, 0.4) is 0 Å². The van der Waals surface area contributed by atoms with Gasteiger partial charge in [0.1, 0.15) is 0 Å². The van der Waals surface area contributed by atoms with Crippen LogP contribution in [0.25, 0.3) is 0 Å². The van der Waals surface area contributed by atoms with Gasteiger partial charge in [0.15, 0.2) is 0 Å². The predicted octanol–water partition coefficient (Wildman–Crippen LogP) is 2.93. The molecular formula is C20H27N3OS. The van der Waals surface area contributed by atoms with Crippen LogP contribution in [0.15, 0.2) is 41.8 Å². The zero-order valence-electron chi connectivity index (χ0n) is 15.0. The molecule has 0 bridgehead atoms. The van der Waals surface area contributed by atoms with Crippen LogP contribution in [0.5, 0.6) is 0 Å². The van der Waals surface area contributed by atoms with E-state index in [1.54, 1.807) is 11.3 Å². The minimum atomic E-state index is -0.0865. The Morgan fingerprint density at radius 1 is 1.36 bits per heavy atom. The number of nitrogens with one attached hydrogen (secondary N) is 1. The number of amides is 1. The number of nitrogens with two attached hydrogens (primary N) is 1. The zero-order valence-corrected chi connectivity index (χ0v) is 15.8. The van der Waals surface area contributed by atoms with Crippen LogP contribution in [0.4, 0.5) is 0 Å². The first kappa shape index (κ1) is 18.1. The lowest BCUT2D eigenvalue weighted by Crippen LogP contribution is -2.39. The molecule has 1 aromatic carbocycles. The van der Waals surface area contributed by atoms with E-state index in [0.717, 1.165) is 30.0 Å². The maximum Gasteiger partial charge on any atom is 0.234 e. The lowest BCUT2D eigenvalue weighted by molar-refractivity contribution is -0.122. The number of carbonyl (C=O) groups is 1. The van der Waals surface area contributed by atoms with Gasteiger partial charge in [-0.2, -0.15) is 0 Å². The highest BCUT2D eigenvalue weighted by Gasteiger charge is 2.33. The Morgan fingerprint density at radius 3 is 2.72 bits per heavy atom. The number of likely N-dealkylation sites (tertiary alicyclic amines) is 1. The molecule has 2 aromatic rings. The van der Waals surface area contributed by atoms with Crippen molar-refractivity contribution in [1.29, 1.82) is 0 Å². The third-order valence-corrected chi connectivity index (χ3v) is 5.98. The Bertz CT molecular complexity index is 698. The van der Waals surface area contributed by atoms with E-state index in [1.807, 2.05) is 6.07 Å². The van der Waals surface area contributed by atoms with Gasteiger partial charge in [-0.15, -0.1) is 11.3 Å². The Balaban J connectivity index is 1.68. The fraction of sp³-hybridized carbons (Fsp3) is 0.450. The molecule has 2 heterocycles. The van der Waals surface area contributed by atoms with E-state index >= 15 is 0 Å². The number of carbonyl (C=O) groups excluding carboxylic acids is 1. The zero-order chi connectivity index (χ0) is 17.9. The van der Waals surface area contributed by atoms with Crippen molar-refractivity contribution in [2.24, 2.45) is 11.1 Å². The maximum absolute atomic E-state index is 12.7. The predicted molar refractivity (Wildman–Crippen MR) is 104 cm³/mol. The van der Waals surface area contributed by atoms with E-state index in [9.17, 15) is 4.79 Å². The van der Waals surface area contributed by atoms with E-state index in [4.69, 9.17) is 5.73 Å². The third-order valence-electron chi connectivity index (χ3n) is 5.04. The molecule has 0 radical (unpaired) electrons. The molecule has 1 fully saturated rings. The third kappa shape index (κ3) is 4.48. The molecule has 3 N–H and O–H groups in total. The van der Waals surface area contributed by atoms with Crippen LogP contribution in [0.2, 0.25) is 0 Å². The second-order valence-corrected chi connectivity index (χ2v) is 8.38. The number of rotatable bonds is 6. The van der Waals surface area contributed by atoms with Gasteiger partial charge in [-0.05, 0) is 48.9 Å². The van der Waals surface area contributed by atoms with Gasteiger partial charge in [0.2, 0.25) is 5.91 Å². The van der Waals surface area contributed by atoms with Crippen molar-refractivity contribution in [2.75, 3.05) is 26.2 Å². The normalized spacial score (nSPS) is 22.0. The summed E-state index contributed by atoms with van der Waals surface area (Å²) in [6.45, 7) is 7.21. The topological polar surface area (TPSA) is 58.4 Å². The molecule has 5 heteroatoms. The summed E-state index contributed by atoms with van der Waals surface area (Å²) in [5.74, 6) is 0.0697. The lowest BCUT2D eigenvalue weighted by atomic mass is 9.90. The molecule has 0 spiro atoms. The first-order valence-corrected chi connectivity index (χ1v) is 9.69. The van der Waals surface area contributed by atoms with Crippen molar-refractivity contribution < 1.29 is 4.79 Å². The summed E-state index contributed by atoms with van der Waals surface area (Å²) in [6.07, 6.45) is 1.06. The molecule has 2 atom stereocenters. The van der Waals surface area contributed by atoms with Gasteiger partial charge < -0.3 is 11.1 Å². The van der Waals surface area contributed by atoms with Crippen molar-refractivity contribution in [1.82, 2.24) is 10.2 Å². The molecule has 1 amide bonds. The van der Waals surface area contributed by atoms with Crippen molar-refractivity contribution in [3.8, 4) is 0 Å². The fourth-order valence-electron chi connectivity index (χ4n) is 3.37. The lowest BCUT2D eigenvalue weighted by Gasteiger charge is -2.23. The van der Waals surface area contributed by atoms with E-state index in [0.29, 0.717) is 13.1 Å². The summed E-state index contributed by atoms with van der Waals surface area (Å²) in [7, 11) is 0. The van der Waals surface area contributed by atoms with E-state index in [2.05, 4.69) is 59.8 Å². The summed E-state index contributed by atoms with van der Waals surface area (Å²) in [6, 6.07) is 12.4. The van der Waals surface area contributed by atoms with Crippen LogP contribution in [-0.2, 0) is 4.79 Å². The van der Waals surface area contributed by atoms with Crippen LogP contribution in [-0.4, -0.2) is 37.0 Å². The molecule has 134 valence electrons. The number of benzene rings is 1. The average molecular weight is 358 g/mol. The van der Waals surface area contributed by atoms with Gasteiger partial charge in [0.25, 0.3) is 0 Å². The summed E-state index contributed by atoms with van der Waals surface area (Å²) in [4.78, 5) is 16.0. The van der Waals surface area contributed by atoms with Gasteiger partial charge in [0.05, 0.1) is 12.6 Å².